The lowest BCUT2D eigenvalue weighted by molar-refractivity contribution is 0.238. The lowest BCUT2D eigenvalue weighted by Crippen LogP contribution is -2.46. The maximum atomic E-state index is 5.34. The minimum atomic E-state index is -0.103. The summed E-state index contributed by atoms with van der Waals surface area (Å²) in [6, 6.07) is 1.84. The third-order valence-electron chi connectivity index (χ3n) is 3.68. The van der Waals surface area contributed by atoms with E-state index in [1.54, 1.807) is 12.4 Å². The first kappa shape index (κ1) is 14.9. The highest BCUT2D eigenvalue weighted by atomic mass is 16.5. The van der Waals surface area contributed by atoms with Gasteiger partial charge in [0, 0.05) is 44.0 Å². The van der Waals surface area contributed by atoms with Crippen LogP contribution in [0.5, 0.6) is 0 Å². The van der Waals surface area contributed by atoms with Gasteiger partial charge in [-0.2, -0.15) is 4.98 Å². The van der Waals surface area contributed by atoms with E-state index in [0.717, 1.165) is 44.5 Å². The zero-order chi connectivity index (χ0) is 15.6. The van der Waals surface area contributed by atoms with Crippen molar-refractivity contribution in [3.63, 3.8) is 0 Å². The molecular weight excluding hydrogens is 280 g/mol. The Morgan fingerprint density at radius 2 is 1.77 bits per heavy atom. The molecule has 1 fully saturated rings. The Morgan fingerprint density at radius 3 is 2.36 bits per heavy atom. The monoisotopic (exact) mass is 302 g/mol. The van der Waals surface area contributed by atoms with Gasteiger partial charge in [-0.3, -0.25) is 4.90 Å². The molecule has 0 aromatic carbocycles. The fraction of sp³-hybridized carbons (Fsp3) is 0.600. The molecule has 0 N–H and O–H groups in total. The second-order valence-corrected chi connectivity index (χ2v) is 6.58. The lowest BCUT2D eigenvalue weighted by atomic mass is 9.97. The summed E-state index contributed by atoms with van der Waals surface area (Å²) in [6.45, 7) is 10.6. The maximum Gasteiger partial charge on any atom is 0.232 e. The second kappa shape index (κ2) is 6.00. The van der Waals surface area contributed by atoms with E-state index < -0.39 is 0 Å². The number of aromatic nitrogens is 4. The first-order valence-electron chi connectivity index (χ1n) is 7.60. The first-order chi connectivity index (χ1) is 10.5. The standard InChI is InChI=1S/C15H22N6O/c1-15(2,3)13-18-12(19-22-13)11-20-7-9-21(10-8-20)14-16-5-4-6-17-14/h4-6H,7-11H2,1-3H3. The SMILES string of the molecule is CC(C)(C)c1nc(CN2CCN(c3ncccn3)CC2)no1. The summed E-state index contributed by atoms with van der Waals surface area (Å²) in [4.78, 5) is 17.6. The molecule has 0 saturated carbocycles. The Hall–Kier alpha value is -2.02. The van der Waals surface area contributed by atoms with Crippen LogP contribution in [0.1, 0.15) is 32.5 Å². The van der Waals surface area contributed by atoms with Crippen LogP contribution in [0, 0.1) is 0 Å². The highest BCUT2D eigenvalue weighted by Gasteiger charge is 2.24. The topological polar surface area (TPSA) is 71.2 Å². The van der Waals surface area contributed by atoms with Gasteiger partial charge in [-0.1, -0.05) is 25.9 Å². The zero-order valence-electron chi connectivity index (χ0n) is 13.4. The van der Waals surface area contributed by atoms with E-state index in [1.807, 2.05) is 6.07 Å². The molecule has 2 aromatic rings. The van der Waals surface area contributed by atoms with Crippen molar-refractivity contribution < 1.29 is 4.52 Å². The molecule has 0 bridgehead atoms. The largest absolute Gasteiger partial charge is 0.339 e. The summed E-state index contributed by atoms with van der Waals surface area (Å²) in [6.07, 6.45) is 3.56. The molecule has 1 aliphatic heterocycles. The zero-order valence-corrected chi connectivity index (χ0v) is 13.4. The summed E-state index contributed by atoms with van der Waals surface area (Å²) in [5, 5.41) is 4.09. The van der Waals surface area contributed by atoms with Crippen molar-refractivity contribution in [2.45, 2.75) is 32.7 Å². The third kappa shape index (κ3) is 3.41. The lowest BCUT2D eigenvalue weighted by Gasteiger charge is -2.33. The minimum absolute atomic E-state index is 0.103. The van der Waals surface area contributed by atoms with Gasteiger partial charge in [-0.15, -0.1) is 0 Å². The van der Waals surface area contributed by atoms with Crippen LogP contribution in [0.2, 0.25) is 0 Å². The van der Waals surface area contributed by atoms with Crippen LogP contribution in [0.3, 0.4) is 0 Å². The van der Waals surface area contributed by atoms with Crippen LogP contribution in [0.25, 0.3) is 0 Å². The Kier molecular flexibility index (Phi) is 4.06. The summed E-state index contributed by atoms with van der Waals surface area (Å²) in [5.41, 5.74) is -0.103. The highest BCUT2D eigenvalue weighted by molar-refractivity contribution is 5.29. The van der Waals surface area contributed by atoms with Crippen molar-refractivity contribution in [2.75, 3.05) is 31.1 Å². The van der Waals surface area contributed by atoms with Gasteiger partial charge in [-0.25, -0.2) is 9.97 Å². The molecular formula is C15H22N6O. The average Bonchev–Trinajstić information content (AvgIpc) is 2.98. The van der Waals surface area contributed by atoms with E-state index in [0.29, 0.717) is 5.89 Å². The number of rotatable bonds is 3. The number of hydrogen-bond acceptors (Lipinski definition) is 7. The summed E-state index contributed by atoms with van der Waals surface area (Å²) in [7, 11) is 0. The fourth-order valence-corrected chi connectivity index (χ4v) is 2.38. The molecule has 0 radical (unpaired) electrons. The Morgan fingerprint density at radius 1 is 1.09 bits per heavy atom. The molecule has 0 aliphatic carbocycles. The smallest absolute Gasteiger partial charge is 0.232 e. The highest BCUT2D eigenvalue weighted by Crippen LogP contribution is 2.20. The Labute approximate surface area is 130 Å². The van der Waals surface area contributed by atoms with E-state index >= 15 is 0 Å². The average molecular weight is 302 g/mol. The molecule has 0 spiro atoms. The fourth-order valence-electron chi connectivity index (χ4n) is 2.38. The molecule has 1 aliphatic rings. The molecule has 118 valence electrons. The summed E-state index contributed by atoms with van der Waals surface area (Å²) in [5.74, 6) is 2.25. The predicted octanol–water partition coefficient (Wildman–Crippen LogP) is 1.48. The van der Waals surface area contributed by atoms with Gasteiger partial charge in [-0.05, 0) is 6.07 Å². The van der Waals surface area contributed by atoms with Crippen LogP contribution < -0.4 is 4.90 Å². The molecule has 0 atom stereocenters. The molecule has 2 aromatic heterocycles. The second-order valence-electron chi connectivity index (χ2n) is 6.58. The van der Waals surface area contributed by atoms with Crippen LogP contribution in [-0.2, 0) is 12.0 Å². The Bertz CT molecular complexity index is 598. The molecule has 0 unspecified atom stereocenters. The van der Waals surface area contributed by atoms with Gasteiger partial charge in [0.1, 0.15) is 0 Å². The summed E-state index contributed by atoms with van der Waals surface area (Å²) < 4.78 is 5.34. The van der Waals surface area contributed by atoms with Crippen LogP contribution in [0.4, 0.5) is 5.95 Å². The molecule has 7 nitrogen and oxygen atoms in total. The number of nitrogens with zero attached hydrogens (tertiary/aromatic N) is 6. The van der Waals surface area contributed by atoms with Crippen LogP contribution in [0.15, 0.2) is 23.0 Å². The Balaban J connectivity index is 1.55. The van der Waals surface area contributed by atoms with Crippen molar-refractivity contribution in [3.05, 3.63) is 30.2 Å². The van der Waals surface area contributed by atoms with Gasteiger partial charge in [0.25, 0.3) is 0 Å². The quantitative estimate of drug-likeness (QED) is 0.850. The van der Waals surface area contributed by atoms with Crippen LogP contribution in [-0.4, -0.2) is 51.2 Å². The molecule has 3 rings (SSSR count). The van der Waals surface area contributed by atoms with Crippen LogP contribution >= 0.6 is 0 Å². The third-order valence-corrected chi connectivity index (χ3v) is 3.68. The van der Waals surface area contributed by atoms with Gasteiger partial charge < -0.3 is 9.42 Å². The maximum absolute atomic E-state index is 5.34. The van der Waals surface area contributed by atoms with Gasteiger partial charge in [0.2, 0.25) is 11.8 Å². The van der Waals surface area contributed by atoms with Gasteiger partial charge in [0.15, 0.2) is 5.82 Å². The molecule has 3 heterocycles. The van der Waals surface area contributed by atoms with Crippen molar-refractivity contribution in [2.24, 2.45) is 0 Å². The predicted molar refractivity (Wildman–Crippen MR) is 82.5 cm³/mol. The van der Waals surface area contributed by atoms with Gasteiger partial charge >= 0.3 is 0 Å². The van der Waals surface area contributed by atoms with Crippen molar-refractivity contribution >= 4 is 5.95 Å². The first-order valence-corrected chi connectivity index (χ1v) is 7.60. The number of hydrogen-bond donors (Lipinski definition) is 0. The van der Waals surface area contributed by atoms with Gasteiger partial charge in [0.05, 0.1) is 6.54 Å². The normalized spacial score (nSPS) is 17.0. The minimum Gasteiger partial charge on any atom is -0.339 e. The molecule has 22 heavy (non-hydrogen) atoms. The van der Waals surface area contributed by atoms with Crippen molar-refractivity contribution in [3.8, 4) is 0 Å². The van der Waals surface area contributed by atoms with E-state index in [4.69, 9.17) is 4.52 Å². The molecule has 0 amide bonds. The van der Waals surface area contributed by atoms with E-state index in [2.05, 4.69) is 50.7 Å². The van der Waals surface area contributed by atoms with Crippen molar-refractivity contribution in [1.82, 2.24) is 25.0 Å². The molecule has 7 heteroatoms. The van der Waals surface area contributed by atoms with E-state index in [-0.39, 0.29) is 5.41 Å². The number of anilines is 1. The van der Waals surface area contributed by atoms with Crippen molar-refractivity contribution in [1.29, 1.82) is 0 Å². The van der Waals surface area contributed by atoms with E-state index in [1.165, 1.54) is 0 Å². The molecule has 1 saturated heterocycles. The van der Waals surface area contributed by atoms with E-state index in [9.17, 15) is 0 Å². The summed E-state index contributed by atoms with van der Waals surface area (Å²) >= 11 is 0. The number of piperazine rings is 1.